The van der Waals surface area contributed by atoms with E-state index in [-0.39, 0.29) is 18.0 Å². The second-order valence-corrected chi connectivity index (χ2v) is 5.38. The molecule has 1 aliphatic rings. The number of carbonyl (C=O) groups excluding carboxylic acids is 2. The fourth-order valence-electron chi connectivity index (χ4n) is 2.44. The second kappa shape index (κ2) is 8.26. The maximum absolute atomic E-state index is 11.9. The summed E-state index contributed by atoms with van der Waals surface area (Å²) >= 11 is 0. The molecule has 0 heterocycles. The Hall–Kier alpha value is -2.24. The molecule has 2 rings (SSSR count). The maximum Gasteiger partial charge on any atom is 0.319 e. The third kappa shape index (κ3) is 5.27. The van der Waals surface area contributed by atoms with Crippen molar-refractivity contribution in [3.05, 3.63) is 24.3 Å². The van der Waals surface area contributed by atoms with E-state index in [0.29, 0.717) is 24.5 Å². The summed E-state index contributed by atoms with van der Waals surface area (Å²) in [6.07, 6.45) is 4.77. The summed E-state index contributed by atoms with van der Waals surface area (Å²) in [6, 6.07) is 7.12. The van der Waals surface area contributed by atoms with Gasteiger partial charge in [0.1, 0.15) is 5.75 Å². The molecule has 3 N–H and O–H groups in total. The number of rotatable bonds is 6. The van der Waals surface area contributed by atoms with Gasteiger partial charge in [-0.1, -0.05) is 12.1 Å². The van der Waals surface area contributed by atoms with E-state index in [4.69, 9.17) is 4.74 Å². The zero-order valence-electron chi connectivity index (χ0n) is 12.9. The van der Waals surface area contributed by atoms with Crippen LogP contribution in [0.4, 0.5) is 10.5 Å². The van der Waals surface area contributed by atoms with Gasteiger partial charge >= 0.3 is 6.03 Å². The van der Waals surface area contributed by atoms with Gasteiger partial charge in [-0.15, -0.1) is 0 Å². The molecule has 0 bridgehead atoms. The quantitative estimate of drug-likeness (QED) is 0.705. The highest BCUT2D eigenvalue weighted by molar-refractivity contribution is 5.90. The Balaban J connectivity index is 1.83. The fourth-order valence-corrected chi connectivity index (χ4v) is 2.44. The van der Waals surface area contributed by atoms with E-state index in [1.165, 1.54) is 19.8 Å². The molecule has 3 amide bonds. The van der Waals surface area contributed by atoms with Gasteiger partial charge in [0.15, 0.2) is 0 Å². The average molecular weight is 305 g/mol. The largest absolute Gasteiger partial charge is 0.488 e. The summed E-state index contributed by atoms with van der Waals surface area (Å²) in [5, 5.41) is 8.09. The van der Waals surface area contributed by atoms with Crippen molar-refractivity contribution >= 4 is 17.6 Å². The lowest BCUT2D eigenvalue weighted by Gasteiger charge is -2.17. The number of benzene rings is 1. The molecule has 0 spiro atoms. The van der Waals surface area contributed by atoms with E-state index < -0.39 is 0 Å². The van der Waals surface area contributed by atoms with Crippen molar-refractivity contribution in [3.63, 3.8) is 0 Å². The molecule has 120 valence electrons. The summed E-state index contributed by atoms with van der Waals surface area (Å²) in [4.78, 5) is 22.6. The van der Waals surface area contributed by atoms with Crippen LogP contribution in [0.25, 0.3) is 0 Å². The minimum atomic E-state index is -0.312. The van der Waals surface area contributed by atoms with Crippen LogP contribution in [0, 0.1) is 0 Å². The zero-order valence-corrected chi connectivity index (χ0v) is 12.9. The first-order valence-electron chi connectivity index (χ1n) is 7.70. The van der Waals surface area contributed by atoms with E-state index in [1.54, 1.807) is 0 Å². The Kier molecular flexibility index (Phi) is 6.06. The summed E-state index contributed by atoms with van der Waals surface area (Å²) in [5.74, 6) is 0.587. The van der Waals surface area contributed by atoms with Gasteiger partial charge in [0.25, 0.3) is 0 Å². The van der Waals surface area contributed by atoms with Gasteiger partial charge in [0.05, 0.1) is 11.8 Å². The van der Waals surface area contributed by atoms with Gasteiger partial charge in [0.2, 0.25) is 5.91 Å². The highest BCUT2D eigenvalue weighted by atomic mass is 16.5. The average Bonchev–Trinajstić information content (AvgIpc) is 2.98. The molecule has 1 aromatic carbocycles. The van der Waals surface area contributed by atoms with Gasteiger partial charge < -0.3 is 20.7 Å². The molecule has 6 nitrogen and oxygen atoms in total. The first-order valence-corrected chi connectivity index (χ1v) is 7.70. The number of carbonyl (C=O) groups is 2. The van der Waals surface area contributed by atoms with Crippen LogP contribution in [0.2, 0.25) is 0 Å². The second-order valence-electron chi connectivity index (χ2n) is 5.38. The maximum atomic E-state index is 11.9. The van der Waals surface area contributed by atoms with E-state index >= 15 is 0 Å². The van der Waals surface area contributed by atoms with Crippen molar-refractivity contribution in [1.29, 1.82) is 0 Å². The first kappa shape index (κ1) is 16.1. The Morgan fingerprint density at radius 1 is 1.14 bits per heavy atom. The van der Waals surface area contributed by atoms with Crippen molar-refractivity contribution in [2.45, 2.75) is 38.7 Å². The van der Waals surface area contributed by atoms with Crippen LogP contribution in [0.15, 0.2) is 24.3 Å². The van der Waals surface area contributed by atoms with Crippen LogP contribution in [0.5, 0.6) is 5.75 Å². The smallest absolute Gasteiger partial charge is 0.319 e. The lowest BCUT2D eigenvalue weighted by atomic mass is 10.2. The van der Waals surface area contributed by atoms with Crippen molar-refractivity contribution < 1.29 is 14.3 Å². The van der Waals surface area contributed by atoms with Crippen LogP contribution in [-0.4, -0.2) is 31.1 Å². The summed E-state index contributed by atoms with van der Waals surface area (Å²) in [6.45, 7) is 2.22. The fraction of sp³-hybridized carbons (Fsp3) is 0.500. The van der Waals surface area contributed by atoms with Crippen LogP contribution < -0.4 is 20.7 Å². The summed E-state index contributed by atoms with van der Waals surface area (Å²) in [5.41, 5.74) is 0.659. The molecular weight excluding hydrogens is 282 g/mol. The number of hydrogen-bond donors (Lipinski definition) is 3. The number of hydrogen-bond acceptors (Lipinski definition) is 3. The number of anilines is 1. The molecule has 1 fully saturated rings. The van der Waals surface area contributed by atoms with E-state index in [9.17, 15) is 9.59 Å². The lowest BCUT2D eigenvalue weighted by molar-refractivity contribution is -0.118. The standard InChI is InChI=1S/C16H23N3O3/c1-12(20)17-10-11-18-16(21)19-14-8-4-5-9-15(14)22-13-6-2-3-7-13/h4-5,8-9,13H,2-3,6-7,10-11H2,1H3,(H,17,20)(H2,18,19,21). The highest BCUT2D eigenvalue weighted by Crippen LogP contribution is 2.29. The van der Waals surface area contributed by atoms with Crippen LogP contribution in [0.1, 0.15) is 32.6 Å². The number of amides is 3. The number of ether oxygens (including phenoxy) is 1. The van der Waals surface area contributed by atoms with E-state index in [1.807, 2.05) is 24.3 Å². The molecule has 0 aliphatic heterocycles. The minimum Gasteiger partial charge on any atom is -0.488 e. The molecule has 1 aliphatic carbocycles. The minimum absolute atomic E-state index is 0.113. The molecule has 0 radical (unpaired) electrons. The normalized spacial score (nSPS) is 14.4. The topological polar surface area (TPSA) is 79.5 Å². The van der Waals surface area contributed by atoms with E-state index in [2.05, 4.69) is 16.0 Å². The molecule has 1 aromatic rings. The van der Waals surface area contributed by atoms with Crippen molar-refractivity contribution in [2.75, 3.05) is 18.4 Å². The van der Waals surface area contributed by atoms with Crippen LogP contribution >= 0.6 is 0 Å². The van der Waals surface area contributed by atoms with Gasteiger partial charge in [-0.3, -0.25) is 4.79 Å². The third-order valence-electron chi connectivity index (χ3n) is 3.52. The molecule has 0 atom stereocenters. The van der Waals surface area contributed by atoms with Gasteiger partial charge in [0, 0.05) is 20.0 Å². The predicted molar refractivity (Wildman–Crippen MR) is 85.0 cm³/mol. The van der Waals surface area contributed by atoms with Crippen molar-refractivity contribution in [1.82, 2.24) is 10.6 Å². The van der Waals surface area contributed by atoms with Gasteiger partial charge in [-0.25, -0.2) is 4.79 Å². The molecule has 0 unspecified atom stereocenters. The first-order chi connectivity index (χ1) is 10.6. The van der Waals surface area contributed by atoms with Crippen LogP contribution in [-0.2, 0) is 4.79 Å². The molecule has 1 saturated carbocycles. The Labute approximate surface area is 130 Å². The van der Waals surface area contributed by atoms with Gasteiger partial charge in [-0.2, -0.15) is 0 Å². The van der Waals surface area contributed by atoms with Gasteiger partial charge in [-0.05, 0) is 37.8 Å². The summed E-state index contributed by atoms with van der Waals surface area (Å²) in [7, 11) is 0. The highest BCUT2D eigenvalue weighted by Gasteiger charge is 2.18. The molecule has 0 saturated heterocycles. The molecule has 0 aromatic heterocycles. The molecule has 22 heavy (non-hydrogen) atoms. The molecular formula is C16H23N3O3. The third-order valence-corrected chi connectivity index (χ3v) is 3.52. The van der Waals surface area contributed by atoms with Crippen molar-refractivity contribution in [2.24, 2.45) is 0 Å². The zero-order chi connectivity index (χ0) is 15.8. The Morgan fingerprint density at radius 3 is 2.55 bits per heavy atom. The lowest BCUT2D eigenvalue weighted by Crippen LogP contribution is -2.36. The Morgan fingerprint density at radius 2 is 1.82 bits per heavy atom. The summed E-state index contributed by atoms with van der Waals surface area (Å²) < 4.78 is 5.96. The number of nitrogens with one attached hydrogen (secondary N) is 3. The Bertz CT molecular complexity index is 513. The molecule has 6 heteroatoms. The van der Waals surface area contributed by atoms with Crippen LogP contribution in [0.3, 0.4) is 0 Å². The number of para-hydroxylation sites is 2. The monoisotopic (exact) mass is 305 g/mol. The predicted octanol–water partition coefficient (Wildman–Crippen LogP) is 2.27. The SMILES string of the molecule is CC(=O)NCCNC(=O)Nc1ccccc1OC1CCCC1. The van der Waals surface area contributed by atoms with Crippen molar-refractivity contribution in [3.8, 4) is 5.75 Å². The number of urea groups is 1. The van der Waals surface area contributed by atoms with E-state index in [0.717, 1.165) is 12.8 Å².